The average Bonchev–Trinajstić information content (AvgIpc) is 2.69. The first-order valence-corrected chi connectivity index (χ1v) is 7.17. The fourth-order valence-electron chi connectivity index (χ4n) is 2.53. The lowest BCUT2D eigenvalue weighted by Crippen LogP contribution is -2.36. The molecule has 0 atom stereocenters. The van der Waals surface area contributed by atoms with Crippen LogP contribution in [-0.2, 0) is 9.53 Å². The first kappa shape index (κ1) is 13.8. The lowest BCUT2D eigenvalue weighted by Gasteiger charge is -2.24. The number of ether oxygens (including phenoxy) is 1. The van der Waals surface area contributed by atoms with Gasteiger partial charge in [-0.1, -0.05) is 0 Å². The van der Waals surface area contributed by atoms with Gasteiger partial charge in [0.15, 0.2) is 0 Å². The van der Waals surface area contributed by atoms with Crippen molar-refractivity contribution in [3.8, 4) is 0 Å². The smallest absolute Gasteiger partial charge is 0.224 e. The van der Waals surface area contributed by atoms with Crippen LogP contribution in [0.4, 0.5) is 0 Å². The second kappa shape index (κ2) is 7.71. The minimum Gasteiger partial charge on any atom is -0.378 e. The summed E-state index contributed by atoms with van der Waals surface area (Å²) in [5.41, 5.74) is 0. The Morgan fingerprint density at radius 2 is 1.89 bits per heavy atom. The Balaban J connectivity index is 1.61. The Hall–Kier alpha value is -0.650. The number of amides is 1. The highest BCUT2D eigenvalue weighted by Crippen LogP contribution is 2.08. The number of hydrogen-bond donors (Lipinski definition) is 2. The predicted molar refractivity (Wildman–Crippen MR) is 70.5 cm³/mol. The van der Waals surface area contributed by atoms with Crippen LogP contribution in [0.1, 0.15) is 25.7 Å². The summed E-state index contributed by atoms with van der Waals surface area (Å²) in [6.07, 6.45) is 4.08. The molecule has 0 aromatic rings. The molecule has 1 amide bonds. The van der Waals surface area contributed by atoms with Crippen molar-refractivity contribution in [1.82, 2.24) is 15.5 Å². The Labute approximate surface area is 109 Å². The van der Waals surface area contributed by atoms with Gasteiger partial charge in [0.1, 0.15) is 0 Å². The molecule has 0 unspecified atom stereocenters. The molecule has 2 aliphatic rings. The molecule has 0 aromatic carbocycles. The van der Waals surface area contributed by atoms with Gasteiger partial charge in [0.25, 0.3) is 0 Å². The number of hydrogen-bond acceptors (Lipinski definition) is 4. The largest absolute Gasteiger partial charge is 0.378 e. The highest BCUT2D eigenvalue weighted by atomic mass is 16.5. The van der Waals surface area contributed by atoms with Crippen LogP contribution in [0.25, 0.3) is 0 Å². The molecule has 2 saturated heterocycles. The van der Waals surface area contributed by atoms with Crippen molar-refractivity contribution in [3.63, 3.8) is 0 Å². The van der Waals surface area contributed by atoms with Crippen LogP contribution in [0.3, 0.4) is 0 Å². The van der Waals surface area contributed by atoms with Gasteiger partial charge in [0.2, 0.25) is 5.91 Å². The standard InChI is InChI=1S/C13H25N3O2/c17-13(16-9-1-5-14-8-10-16)4-11-18-12-2-6-15-7-3-12/h12,14-15H,1-11H2. The summed E-state index contributed by atoms with van der Waals surface area (Å²) in [7, 11) is 0. The summed E-state index contributed by atoms with van der Waals surface area (Å²) >= 11 is 0. The van der Waals surface area contributed by atoms with E-state index in [0.717, 1.165) is 58.5 Å². The third kappa shape index (κ3) is 4.55. The van der Waals surface area contributed by atoms with Crippen LogP contribution in [0, 0.1) is 0 Å². The molecular formula is C13H25N3O2. The van der Waals surface area contributed by atoms with Crippen LogP contribution in [0.5, 0.6) is 0 Å². The van der Waals surface area contributed by atoms with Crippen LogP contribution < -0.4 is 10.6 Å². The Bertz CT molecular complexity index is 247. The predicted octanol–water partition coefficient (Wildman–Crippen LogP) is -0.0330. The van der Waals surface area contributed by atoms with Crippen molar-refractivity contribution in [2.45, 2.75) is 31.8 Å². The third-order valence-corrected chi connectivity index (χ3v) is 3.65. The number of carbonyl (C=O) groups excluding carboxylic acids is 1. The minimum absolute atomic E-state index is 0.243. The molecule has 0 saturated carbocycles. The van der Waals surface area contributed by atoms with E-state index in [9.17, 15) is 4.79 Å². The quantitative estimate of drug-likeness (QED) is 0.740. The van der Waals surface area contributed by atoms with E-state index in [1.165, 1.54) is 0 Å². The summed E-state index contributed by atoms with van der Waals surface area (Å²) in [4.78, 5) is 14.0. The molecule has 2 rings (SSSR count). The van der Waals surface area contributed by atoms with E-state index >= 15 is 0 Å². The fraction of sp³-hybridized carbons (Fsp3) is 0.923. The topological polar surface area (TPSA) is 53.6 Å². The molecular weight excluding hydrogens is 230 g/mol. The number of carbonyl (C=O) groups is 1. The summed E-state index contributed by atoms with van der Waals surface area (Å²) in [6, 6.07) is 0. The molecule has 2 aliphatic heterocycles. The summed E-state index contributed by atoms with van der Waals surface area (Å²) in [6.45, 7) is 6.32. The van der Waals surface area contributed by atoms with Crippen LogP contribution in [0.15, 0.2) is 0 Å². The summed E-state index contributed by atoms with van der Waals surface area (Å²) in [5, 5.41) is 6.62. The molecule has 2 fully saturated rings. The highest BCUT2D eigenvalue weighted by molar-refractivity contribution is 5.76. The maximum Gasteiger partial charge on any atom is 0.224 e. The van der Waals surface area contributed by atoms with Crippen molar-refractivity contribution < 1.29 is 9.53 Å². The van der Waals surface area contributed by atoms with Crippen molar-refractivity contribution in [3.05, 3.63) is 0 Å². The fourth-order valence-corrected chi connectivity index (χ4v) is 2.53. The van der Waals surface area contributed by atoms with Crippen molar-refractivity contribution in [1.29, 1.82) is 0 Å². The Kier molecular flexibility index (Phi) is 5.90. The zero-order chi connectivity index (χ0) is 12.6. The van der Waals surface area contributed by atoms with E-state index in [1.54, 1.807) is 0 Å². The first-order valence-electron chi connectivity index (χ1n) is 7.17. The third-order valence-electron chi connectivity index (χ3n) is 3.65. The van der Waals surface area contributed by atoms with Gasteiger partial charge in [-0.15, -0.1) is 0 Å². The van der Waals surface area contributed by atoms with E-state index in [4.69, 9.17) is 4.74 Å². The monoisotopic (exact) mass is 255 g/mol. The zero-order valence-corrected chi connectivity index (χ0v) is 11.1. The second-order valence-corrected chi connectivity index (χ2v) is 5.05. The first-order chi connectivity index (χ1) is 8.86. The van der Waals surface area contributed by atoms with Gasteiger partial charge in [-0.25, -0.2) is 0 Å². The molecule has 0 aromatic heterocycles. The van der Waals surface area contributed by atoms with Gasteiger partial charge in [-0.2, -0.15) is 0 Å². The molecule has 104 valence electrons. The van der Waals surface area contributed by atoms with Crippen LogP contribution >= 0.6 is 0 Å². The molecule has 0 radical (unpaired) electrons. The van der Waals surface area contributed by atoms with Crippen molar-refractivity contribution in [2.75, 3.05) is 45.9 Å². The van der Waals surface area contributed by atoms with E-state index in [1.807, 2.05) is 4.90 Å². The zero-order valence-electron chi connectivity index (χ0n) is 11.1. The average molecular weight is 255 g/mol. The van der Waals surface area contributed by atoms with Gasteiger partial charge in [-0.05, 0) is 38.9 Å². The maximum absolute atomic E-state index is 12.0. The lowest BCUT2D eigenvalue weighted by atomic mass is 10.1. The SMILES string of the molecule is O=C(CCOC1CCNCC1)N1CCCNCC1. The van der Waals surface area contributed by atoms with Gasteiger partial charge in [-0.3, -0.25) is 4.79 Å². The lowest BCUT2D eigenvalue weighted by molar-refractivity contribution is -0.132. The second-order valence-electron chi connectivity index (χ2n) is 5.05. The maximum atomic E-state index is 12.0. The Morgan fingerprint density at radius 1 is 1.11 bits per heavy atom. The highest BCUT2D eigenvalue weighted by Gasteiger charge is 2.17. The normalized spacial score (nSPS) is 22.8. The minimum atomic E-state index is 0.243. The van der Waals surface area contributed by atoms with E-state index < -0.39 is 0 Å². The van der Waals surface area contributed by atoms with Crippen molar-refractivity contribution >= 4 is 5.91 Å². The molecule has 0 spiro atoms. The molecule has 2 heterocycles. The molecule has 2 N–H and O–H groups in total. The van der Waals surface area contributed by atoms with E-state index in [-0.39, 0.29) is 5.91 Å². The van der Waals surface area contributed by atoms with Crippen molar-refractivity contribution in [2.24, 2.45) is 0 Å². The summed E-state index contributed by atoms with van der Waals surface area (Å²) < 4.78 is 5.77. The van der Waals surface area contributed by atoms with Crippen LogP contribution in [0.2, 0.25) is 0 Å². The van der Waals surface area contributed by atoms with Gasteiger partial charge in [0, 0.05) is 19.6 Å². The number of piperidine rings is 1. The van der Waals surface area contributed by atoms with Gasteiger partial charge < -0.3 is 20.3 Å². The molecule has 5 nitrogen and oxygen atoms in total. The van der Waals surface area contributed by atoms with Gasteiger partial charge in [0.05, 0.1) is 19.1 Å². The molecule has 0 bridgehead atoms. The molecule has 18 heavy (non-hydrogen) atoms. The number of nitrogens with one attached hydrogen (secondary N) is 2. The Morgan fingerprint density at radius 3 is 2.72 bits per heavy atom. The van der Waals surface area contributed by atoms with E-state index in [2.05, 4.69) is 10.6 Å². The molecule has 5 heteroatoms. The van der Waals surface area contributed by atoms with Crippen LogP contribution in [-0.4, -0.2) is 62.8 Å². The molecule has 0 aliphatic carbocycles. The number of nitrogens with zero attached hydrogens (tertiary/aromatic N) is 1. The van der Waals surface area contributed by atoms with E-state index in [0.29, 0.717) is 19.1 Å². The summed E-state index contributed by atoms with van der Waals surface area (Å²) in [5.74, 6) is 0.243. The van der Waals surface area contributed by atoms with Gasteiger partial charge >= 0.3 is 0 Å². The number of rotatable bonds is 4.